The van der Waals surface area contributed by atoms with E-state index in [0.717, 1.165) is 29.7 Å². The Labute approximate surface area is 451 Å². The zero-order chi connectivity index (χ0) is 53.6. The van der Waals surface area contributed by atoms with Gasteiger partial charge in [0.2, 0.25) is 23.6 Å². The number of carbonyl (C=O) groups is 7. The lowest BCUT2D eigenvalue weighted by Crippen LogP contribution is -2.63. The average molecular weight is 1080 g/mol. The van der Waals surface area contributed by atoms with Crippen LogP contribution < -0.4 is 26.0 Å². The van der Waals surface area contributed by atoms with Gasteiger partial charge in [-0.2, -0.15) is 0 Å². The van der Waals surface area contributed by atoms with Crippen molar-refractivity contribution < 1.29 is 52.2 Å². The number of likely N-dealkylation sites (tertiary alicyclic amines) is 1. The summed E-state index contributed by atoms with van der Waals surface area (Å²) in [6.07, 6.45) is 8.89. The number of allylic oxidation sites excluding steroid dienone is 1. The van der Waals surface area contributed by atoms with E-state index in [1.807, 2.05) is 13.0 Å². The molecule has 404 valence electrons. The van der Waals surface area contributed by atoms with E-state index < -0.39 is 63.4 Å². The van der Waals surface area contributed by atoms with Crippen molar-refractivity contribution in [2.75, 3.05) is 51.4 Å². The third-order valence-corrected chi connectivity index (χ3v) is 18.2. The van der Waals surface area contributed by atoms with Gasteiger partial charge in [-0.15, -0.1) is 0 Å². The number of carbonyl (C=O) groups excluding carboxylic acids is 7. The summed E-state index contributed by atoms with van der Waals surface area (Å²) in [5, 5.41) is 12.7. The molecule has 2 saturated heterocycles. The van der Waals surface area contributed by atoms with Crippen LogP contribution in [0.5, 0.6) is 5.75 Å². The Kier molecular flexibility index (Phi) is 15.3. The molecule has 6 fully saturated rings. The molecule has 8 aliphatic rings. The van der Waals surface area contributed by atoms with Crippen molar-refractivity contribution in [3.05, 3.63) is 105 Å². The fraction of sp³-hybridized carbons (Fsp3) is 0.526. The highest BCUT2D eigenvalue weighted by Gasteiger charge is 2.75. The highest BCUT2D eigenvalue weighted by atomic mass is 35.5. The molecular weight excluding hydrogens is 1020 g/mol. The van der Waals surface area contributed by atoms with Crippen molar-refractivity contribution in [2.24, 2.45) is 5.41 Å². The molecule has 4 N–H and O–H groups in total. The van der Waals surface area contributed by atoms with Crippen LogP contribution >= 0.6 is 23.2 Å². The monoisotopic (exact) mass is 1080 g/mol. The number of benzene rings is 3. The first-order valence-corrected chi connectivity index (χ1v) is 27.6. The predicted octanol–water partition coefficient (Wildman–Crippen LogP) is 7.69. The SMILES string of the molecule is C=C1CCC(N2C(=O)c3cccc(OCC(=O)CCCOCCOCCNC(=O)C45CCC(NC(=O)[C@H]6[C@H](c7cccc(Cl)c7F)[C@]7(C(=O)Nc8cc(Cl)ccc87)C7(CCCCC7)N6CC)(CC4)CC5)c3C2=O)C(=O)N1. The number of imide groups is 1. The average Bonchev–Trinajstić information content (AvgIpc) is 4.17. The Morgan fingerprint density at radius 3 is 2.30 bits per heavy atom. The van der Waals surface area contributed by atoms with Gasteiger partial charge < -0.3 is 35.5 Å². The van der Waals surface area contributed by atoms with Gasteiger partial charge in [-0.1, -0.05) is 80.2 Å². The van der Waals surface area contributed by atoms with Crippen molar-refractivity contribution in [1.29, 1.82) is 0 Å². The standard InChI is InChI=1S/C57H65Cl2FN6O10/c1-3-65-47(45(38-12-7-13-40(59)46(38)60)57(56(65)19-5-4-6-20-56)39-17-16-35(58)32-41(39)63-53(57)73)49(69)64-55-24-21-54(22-25-55,23-26-55)52(72)61-27-29-75-31-30-74-28-9-10-36(67)33-76-43-14-8-11-37-44(43)51(71)66(50(37)70)42-18-15-34(2)62-48(42)68/h7-8,11-14,16-17,32,42,45,47H,2-6,9-10,15,18-31,33H2,1H3,(H,61,72)(H,62,68)(H,63,73)(H,64,69)/t42?,45-,47+,54?,55?,57+/m0/s1. The fourth-order valence-corrected chi connectivity index (χ4v) is 14.5. The van der Waals surface area contributed by atoms with E-state index >= 15 is 14.0 Å². The number of amides is 6. The highest BCUT2D eigenvalue weighted by Crippen LogP contribution is 2.67. The number of likely N-dealkylation sites (N-methyl/N-ethyl adjacent to an activating group) is 1. The van der Waals surface area contributed by atoms with Crippen molar-refractivity contribution >= 4 is 70.1 Å². The second kappa shape index (κ2) is 21.6. The van der Waals surface area contributed by atoms with Gasteiger partial charge in [-0.3, -0.25) is 43.4 Å². The molecule has 2 spiro atoms. The first-order chi connectivity index (χ1) is 36.6. The molecule has 4 aliphatic carbocycles. The Bertz CT molecular complexity index is 2850. The molecule has 0 radical (unpaired) electrons. The lowest BCUT2D eigenvalue weighted by Gasteiger charge is -2.53. The number of nitrogens with zero attached hydrogens (tertiary/aromatic N) is 2. The summed E-state index contributed by atoms with van der Waals surface area (Å²) < 4.78 is 33.8. The largest absolute Gasteiger partial charge is 0.485 e. The molecule has 2 bridgehead atoms. The third-order valence-electron chi connectivity index (χ3n) is 17.7. The smallest absolute Gasteiger partial charge is 0.266 e. The molecule has 3 aromatic rings. The van der Waals surface area contributed by atoms with Gasteiger partial charge >= 0.3 is 0 Å². The van der Waals surface area contributed by atoms with Crippen molar-refractivity contribution in [3.63, 3.8) is 0 Å². The number of ether oxygens (including phenoxy) is 3. The van der Waals surface area contributed by atoms with Gasteiger partial charge in [0.1, 0.15) is 29.6 Å². The second-order valence-electron chi connectivity index (χ2n) is 21.7. The number of piperidine rings is 1. The van der Waals surface area contributed by atoms with E-state index in [-0.39, 0.29) is 90.2 Å². The zero-order valence-corrected chi connectivity index (χ0v) is 44.3. The normalized spacial score (nSPS) is 27.4. The molecule has 1 unspecified atom stereocenters. The molecule has 11 rings (SSSR count). The molecule has 76 heavy (non-hydrogen) atoms. The van der Waals surface area contributed by atoms with Gasteiger partial charge in [0.15, 0.2) is 5.78 Å². The van der Waals surface area contributed by atoms with Gasteiger partial charge in [0.05, 0.1) is 42.0 Å². The molecule has 4 atom stereocenters. The van der Waals surface area contributed by atoms with Gasteiger partial charge in [0, 0.05) is 58.4 Å². The lowest BCUT2D eigenvalue weighted by atomic mass is 9.55. The van der Waals surface area contributed by atoms with Gasteiger partial charge in [-0.05, 0) is 119 Å². The summed E-state index contributed by atoms with van der Waals surface area (Å²) in [7, 11) is 0. The van der Waals surface area contributed by atoms with Crippen LogP contribution in [-0.4, -0.2) is 120 Å². The Morgan fingerprint density at radius 2 is 1.58 bits per heavy atom. The van der Waals surface area contributed by atoms with Crippen LogP contribution in [0, 0.1) is 11.2 Å². The third kappa shape index (κ3) is 9.20. The summed E-state index contributed by atoms with van der Waals surface area (Å²) in [5.41, 5.74) is -1.03. The summed E-state index contributed by atoms with van der Waals surface area (Å²) in [6, 6.07) is 13.0. The molecule has 4 saturated carbocycles. The predicted molar refractivity (Wildman–Crippen MR) is 281 cm³/mol. The Balaban J connectivity index is 0.680. The van der Waals surface area contributed by atoms with Crippen LogP contribution in [0.3, 0.4) is 0 Å². The second-order valence-corrected chi connectivity index (χ2v) is 22.5. The number of hydrogen-bond donors (Lipinski definition) is 4. The number of nitrogens with one attached hydrogen (secondary N) is 4. The molecule has 0 aromatic heterocycles. The minimum absolute atomic E-state index is 0.0311. The van der Waals surface area contributed by atoms with Crippen molar-refractivity contribution in [1.82, 2.24) is 25.8 Å². The van der Waals surface area contributed by atoms with Crippen LogP contribution in [-0.2, 0) is 38.9 Å². The van der Waals surface area contributed by atoms with Gasteiger partial charge in [-0.25, -0.2) is 4.39 Å². The van der Waals surface area contributed by atoms with E-state index in [0.29, 0.717) is 100 Å². The quantitative estimate of drug-likeness (QED) is 0.0678. The Morgan fingerprint density at radius 1 is 0.855 bits per heavy atom. The molecule has 19 heteroatoms. The van der Waals surface area contributed by atoms with E-state index in [9.17, 15) is 24.0 Å². The van der Waals surface area contributed by atoms with Crippen molar-refractivity contribution in [3.8, 4) is 5.75 Å². The number of ketones is 1. The van der Waals surface area contributed by atoms with Crippen LogP contribution in [0.25, 0.3) is 0 Å². The molecule has 4 aliphatic heterocycles. The minimum atomic E-state index is -1.32. The fourth-order valence-electron chi connectivity index (χ4n) is 14.1. The van der Waals surface area contributed by atoms with Crippen LogP contribution in [0.4, 0.5) is 10.1 Å². The first kappa shape index (κ1) is 53.7. The Hall–Kier alpha value is -5.72. The number of Topliss-reactive ketones (excluding diaryl/α,β-unsaturated/α-hetero) is 1. The number of halogens is 3. The molecule has 6 amide bonds. The number of fused-ring (bicyclic) bond motifs is 7. The number of hydrogen-bond acceptors (Lipinski definition) is 11. The minimum Gasteiger partial charge on any atom is -0.485 e. The maximum atomic E-state index is 16.7. The lowest BCUT2D eigenvalue weighted by molar-refractivity contribution is -0.141. The van der Waals surface area contributed by atoms with Gasteiger partial charge in [0.25, 0.3) is 11.8 Å². The van der Waals surface area contributed by atoms with Crippen LogP contribution in [0.1, 0.15) is 141 Å². The zero-order valence-electron chi connectivity index (χ0n) is 42.8. The van der Waals surface area contributed by atoms with Crippen LogP contribution in [0.15, 0.2) is 66.9 Å². The maximum Gasteiger partial charge on any atom is 0.266 e. The molecule has 16 nitrogen and oxygen atoms in total. The summed E-state index contributed by atoms with van der Waals surface area (Å²) in [5.74, 6) is -3.90. The summed E-state index contributed by atoms with van der Waals surface area (Å²) in [4.78, 5) is 99.2. The number of rotatable bonds is 19. The summed E-state index contributed by atoms with van der Waals surface area (Å²) >= 11 is 13.0. The molecular formula is C57H65Cl2FN6O10. The maximum absolute atomic E-state index is 16.7. The topological polar surface area (TPSA) is 202 Å². The molecule has 3 aromatic carbocycles. The van der Waals surface area contributed by atoms with E-state index in [1.165, 1.54) is 18.2 Å². The summed E-state index contributed by atoms with van der Waals surface area (Å²) in [6.45, 7) is 7.39. The first-order valence-electron chi connectivity index (χ1n) is 26.8. The number of anilines is 1. The van der Waals surface area contributed by atoms with E-state index in [1.54, 1.807) is 30.3 Å². The highest BCUT2D eigenvalue weighted by molar-refractivity contribution is 6.31. The van der Waals surface area contributed by atoms with Crippen molar-refractivity contribution in [2.45, 2.75) is 138 Å². The van der Waals surface area contributed by atoms with Crippen LogP contribution in [0.2, 0.25) is 10.0 Å². The molecule has 4 heterocycles. The van der Waals surface area contributed by atoms with E-state index in [4.69, 9.17) is 37.4 Å². The van der Waals surface area contributed by atoms with E-state index in [2.05, 4.69) is 32.7 Å².